The molecular weight excluding hydrogens is 488 g/mol. The van der Waals surface area contributed by atoms with Crippen molar-refractivity contribution in [2.45, 2.75) is 44.8 Å². The van der Waals surface area contributed by atoms with E-state index in [0.717, 1.165) is 16.7 Å². The number of carbonyl (C=O) groups excluding carboxylic acids is 3. The van der Waals surface area contributed by atoms with Crippen molar-refractivity contribution in [3.05, 3.63) is 119 Å². The van der Waals surface area contributed by atoms with E-state index in [1.165, 1.54) is 0 Å². The number of amides is 2. The first-order valence-corrected chi connectivity index (χ1v) is 13.6. The maximum atomic E-state index is 14.1. The summed E-state index contributed by atoms with van der Waals surface area (Å²) < 4.78 is 6.18. The summed E-state index contributed by atoms with van der Waals surface area (Å²) in [6.07, 6.45) is 1.42. The van der Waals surface area contributed by atoms with Crippen LogP contribution in [-0.4, -0.2) is 41.8 Å². The lowest BCUT2D eigenvalue weighted by molar-refractivity contribution is -0.149. The van der Waals surface area contributed by atoms with Crippen LogP contribution in [0.3, 0.4) is 0 Å². The third-order valence-corrected chi connectivity index (χ3v) is 7.52. The maximum absolute atomic E-state index is 14.1. The third kappa shape index (κ3) is 5.51. The first-order valence-electron chi connectivity index (χ1n) is 13.6. The van der Waals surface area contributed by atoms with Crippen molar-refractivity contribution in [3.63, 3.8) is 0 Å². The van der Waals surface area contributed by atoms with Gasteiger partial charge in [-0.05, 0) is 42.0 Å². The van der Waals surface area contributed by atoms with Crippen molar-refractivity contribution in [2.24, 2.45) is 5.92 Å². The number of rotatable bonds is 8. The Morgan fingerprint density at radius 3 is 2.18 bits per heavy atom. The number of benzene rings is 3. The zero-order valence-electron chi connectivity index (χ0n) is 22.4. The van der Waals surface area contributed by atoms with Gasteiger partial charge in [0.15, 0.2) is 5.60 Å². The van der Waals surface area contributed by atoms with Crippen molar-refractivity contribution < 1.29 is 19.1 Å². The van der Waals surface area contributed by atoms with Gasteiger partial charge in [-0.15, -0.1) is 0 Å². The normalized spacial score (nSPS) is 19.5. The van der Waals surface area contributed by atoms with E-state index in [4.69, 9.17) is 4.74 Å². The molecule has 6 nitrogen and oxygen atoms in total. The predicted molar refractivity (Wildman–Crippen MR) is 150 cm³/mol. The highest BCUT2D eigenvalue weighted by Gasteiger charge is 2.51. The second kappa shape index (κ2) is 11.3. The summed E-state index contributed by atoms with van der Waals surface area (Å²) in [7, 11) is 0. The number of nitrogens with one attached hydrogen (secondary N) is 1. The predicted octanol–water partition coefficient (Wildman–Crippen LogP) is 5.06. The molecule has 0 bridgehead atoms. The Labute approximate surface area is 229 Å². The lowest BCUT2D eigenvalue weighted by Gasteiger charge is -2.38. The number of hydrogen-bond acceptors (Lipinski definition) is 4. The Morgan fingerprint density at radius 1 is 0.923 bits per heavy atom. The standard InChI is InChI=1S/C33H34N2O4/c1-23(2)21-33(26-16-10-5-11-17-26)28-22-35(19-18-27(28)32(38)39-33)31(37)29(20-24-12-6-3-7-13-24)34-30(36)25-14-8-4-9-15-25/h3-17,23,29H,18-22H2,1-2H3,(H,34,36). The van der Waals surface area contributed by atoms with Gasteiger partial charge in [-0.25, -0.2) is 4.79 Å². The SMILES string of the molecule is CC(C)CC1(c2ccccc2)OC(=O)C2=C1CN(C(=O)C(Cc1ccccc1)NC(=O)c1ccccc1)CC2. The van der Waals surface area contributed by atoms with Crippen LogP contribution in [0.4, 0.5) is 0 Å². The highest BCUT2D eigenvalue weighted by Crippen LogP contribution is 2.48. The molecule has 200 valence electrons. The minimum absolute atomic E-state index is 0.166. The molecule has 2 amide bonds. The van der Waals surface area contributed by atoms with Crippen LogP contribution in [0.5, 0.6) is 0 Å². The van der Waals surface area contributed by atoms with Gasteiger partial charge in [0.1, 0.15) is 6.04 Å². The van der Waals surface area contributed by atoms with Crippen molar-refractivity contribution in [2.75, 3.05) is 13.1 Å². The van der Waals surface area contributed by atoms with Gasteiger partial charge in [-0.2, -0.15) is 0 Å². The van der Waals surface area contributed by atoms with E-state index in [1.807, 2.05) is 66.7 Å². The second-order valence-corrected chi connectivity index (χ2v) is 10.7. The van der Waals surface area contributed by atoms with E-state index in [9.17, 15) is 14.4 Å². The molecule has 2 atom stereocenters. The monoisotopic (exact) mass is 522 g/mol. The van der Waals surface area contributed by atoms with Crippen LogP contribution in [0.25, 0.3) is 0 Å². The average molecular weight is 523 g/mol. The van der Waals surface area contributed by atoms with Crippen LogP contribution in [0.2, 0.25) is 0 Å². The third-order valence-electron chi connectivity index (χ3n) is 7.52. The van der Waals surface area contributed by atoms with Crippen LogP contribution in [0.15, 0.2) is 102 Å². The number of ether oxygens (including phenoxy) is 1. The van der Waals surface area contributed by atoms with Crippen molar-refractivity contribution in [3.8, 4) is 0 Å². The summed E-state index contributed by atoms with van der Waals surface area (Å²) >= 11 is 0. The summed E-state index contributed by atoms with van der Waals surface area (Å²) in [6, 6.07) is 27.7. The molecule has 2 unspecified atom stereocenters. The molecule has 0 saturated heterocycles. The zero-order valence-corrected chi connectivity index (χ0v) is 22.4. The first-order chi connectivity index (χ1) is 18.9. The fraction of sp³-hybridized carbons (Fsp3) is 0.303. The maximum Gasteiger partial charge on any atom is 0.335 e. The van der Waals surface area contributed by atoms with Crippen LogP contribution in [0.1, 0.15) is 48.2 Å². The molecule has 0 aromatic heterocycles. The van der Waals surface area contributed by atoms with E-state index in [-0.39, 0.29) is 30.2 Å². The van der Waals surface area contributed by atoms with Crippen molar-refractivity contribution >= 4 is 17.8 Å². The van der Waals surface area contributed by atoms with Crippen molar-refractivity contribution in [1.29, 1.82) is 0 Å². The molecule has 6 heteroatoms. The number of esters is 1. The number of nitrogens with zero attached hydrogens (tertiary/aromatic N) is 1. The number of carbonyl (C=O) groups is 3. The molecule has 39 heavy (non-hydrogen) atoms. The smallest absolute Gasteiger partial charge is 0.335 e. The van der Waals surface area contributed by atoms with Gasteiger partial charge in [0.05, 0.1) is 0 Å². The largest absolute Gasteiger partial charge is 0.446 e. The Hall–Kier alpha value is -4.19. The molecule has 1 N–H and O–H groups in total. The van der Waals surface area contributed by atoms with Gasteiger partial charge in [0.2, 0.25) is 5.91 Å². The summed E-state index contributed by atoms with van der Waals surface area (Å²) in [6.45, 7) is 4.90. The molecule has 2 aliphatic rings. The van der Waals surface area contributed by atoms with Gasteiger partial charge in [-0.3, -0.25) is 9.59 Å². The molecule has 5 rings (SSSR count). The number of hydrogen-bond donors (Lipinski definition) is 1. The molecule has 0 saturated carbocycles. The second-order valence-electron chi connectivity index (χ2n) is 10.7. The fourth-order valence-electron chi connectivity index (χ4n) is 5.73. The molecule has 0 radical (unpaired) electrons. The zero-order chi connectivity index (χ0) is 27.4. The van der Waals surface area contributed by atoms with E-state index in [1.54, 1.807) is 29.2 Å². The van der Waals surface area contributed by atoms with Crippen LogP contribution in [0, 0.1) is 5.92 Å². The minimum Gasteiger partial charge on any atom is -0.446 e. The highest BCUT2D eigenvalue weighted by molar-refractivity contribution is 5.98. The highest BCUT2D eigenvalue weighted by atomic mass is 16.6. The summed E-state index contributed by atoms with van der Waals surface area (Å²) in [5.74, 6) is -0.494. The summed E-state index contributed by atoms with van der Waals surface area (Å²) in [5.41, 5.74) is 3.02. The summed E-state index contributed by atoms with van der Waals surface area (Å²) in [4.78, 5) is 42.1. The lowest BCUT2D eigenvalue weighted by Crippen LogP contribution is -2.52. The molecule has 0 spiro atoms. The van der Waals surface area contributed by atoms with Gasteiger partial charge in [-0.1, -0.05) is 92.7 Å². The molecule has 2 aliphatic heterocycles. The average Bonchev–Trinajstić information content (AvgIpc) is 3.24. The topological polar surface area (TPSA) is 75.7 Å². The lowest BCUT2D eigenvalue weighted by atomic mass is 9.77. The Kier molecular flexibility index (Phi) is 7.64. The quantitative estimate of drug-likeness (QED) is 0.420. The molecule has 2 heterocycles. The van der Waals surface area contributed by atoms with Crippen LogP contribution < -0.4 is 5.32 Å². The molecule has 0 fully saturated rings. The van der Waals surface area contributed by atoms with E-state index < -0.39 is 11.6 Å². The Bertz CT molecular complexity index is 1370. The Morgan fingerprint density at radius 2 is 1.54 bits per heavy atom. The molecule has 3 aromatic carbocycles. The van der Waals surface area contributed by atoms with E-state index in [2.05, 4.69) is 19.2 Å². The van der Waals surface area contributed by atoms with E-state index in [0.29, 0.717) is 36.9 Å². The Balaban J connectivity index is 1.45. The minimum atomic E-state index is -0.900. The fourth-order valence-corrected chi connectivity index (χ4v) is 5.73. The molecule has 0 aliphatic carbocycles. The molecule has 3 aromatic rings. The van der Waals surface area contributed by atoms with Gasteiger partial charge in [0.25, 0.3) is 5.91 Å². The van der Waals surface area contributed by atoms with Gasteiger partial charge in [0, 0.05) is 36.2 Å². The van der Waals surface area contributed by atoms with Gasteiger partial charge >= 0.3 is 5.97 Å². The van der Waals surface area contributed by atoms with Crippen molar-refractivity contribution in [1.82, 2.24) is 10.2 Å². The van der Waals surface area contributed by atoms with Crippen LogP contribution in [-0.2, 0) is 26.3 Å². The summed E-state index contributed by atoms with van der Waals surface area (Å²) in [5, 5.41) is 2.99. The first kappa shape index (κ1) is 26.4. The van der Waals surface area contributed by atoms with Gasteiger partial charge < -0.3 is 15.0 Å². The van der Waals surface area contributed by atoms with E-state index >= 15 is 0 Å². The number of cyclic esters (lactones) is 1. The van der Waals surface area contributed by atoms with Crippen LogP contribution >= 0.6 is 0 Å². The molecular formula is C33H34N2O4.